The van der Waals surface area contributed by atoms with Gasteiger partial charge in [0, 0.05) is 31.7 Å². The summed E-state index contributed by atoms with van der Waals surface area (Å²) >= 11 is 0. The minimum atomic E-state index is -0.944. The van der Waals surface area contributed by atoms with Crippen LogP contribution in [0.3, 0.4) is 0 Å². The van der Waals surface area contributed by atoms with Crippen LogP contribution in [0, 0.1) is 24.5 Å². The number of benzene rings is 1. The summed E-state index contributed by atoms with van der Waals surface area (Å²) in [5.41, 5.74) is 7.44. The SMILES string of the molecule is CNc1cc(F)c(F)c2c1[nH]c1nc(Oc3cnc(C)nc3)nc(N3CC4CC3CC4N)c12. The summed E-state index contributed by atoms with van der Waals surface area (Å²) in [6.07, 6.45) is 4.83. The monoisotopic (exact) mass is 452 g/mol. The van der Waals surface area contributed by atoms with Gasteiger partial charge in [-0.15, -0.1) is 0 Å². The molecule has 0 spiro atoms. The lowest BCUT2D eigenvalue weighted by atomic mass is 10.0. The third-order valence-corrected chi connectivity index (χ3v) is 6.69. The maximum Gasteiger partial charge on any atom is 0.326 e. The number of halogens is 2. The van der Waals surface area contributed by atoms with Crippen molar-refractivity contribution in [2.24, 2.45) is 11.7 Å². The van der Waals surface area contributed by atoms with Crippen LogP contribution in [0.2, 0.25) is 0 Å². The van der Waals surface area contributed by atoms with E-state index in [1.165, 1.54) is 12.4 Å². The molecular weight excluding hydrogens is 430 g/mol. The third kappa shape index (κ3) is 3.06. The molecule has 1 aliphatic carbocycles. The van der Waals surface area contributed by atoms with Gasteiger partial charge in [0.1, 0.15) is 17.3 Å². The molecular formula is C22H22F2N8O. The Kier molecular flexibility index (Phi) is 4.37. The first-order valence-electron chi connectivity index (χ1n) is 10.8. The molecule has 1 aliphatic heterocycles. The number of aromatic nitrogens is 5. The van der Waals surface area contributed by atoms with Crippen LogP contribution in [-0.4, -0.2) is 50.6 Å². The fourth-order valence-corrected chi connectivity index (χ4v) is 5.10. The molecule has 11 heteroatoms. The first kappa shape index (κ1) is 20.0. The highest BCUT2D eigenvalue weighted by atomic mass is 19.2. The molecule has 1 saturated carbocycles. The smallest absolute Gasteiger partial charge is 0.326 e. The molecule has 4 heterocycles. The Balaban J connectivity index is 1.58. The van der Waals surface area contributed by atoms with E-state index in [1.54, 1.807) is 14.0 Å². The van der Waals surface area contributed by atoms with Gasteiger partial charge in [-0.05, 0) is 25.7 Å². The Bertz CT molecular complexity index is 1390. The highest BCUT2D eigenvalue weighted by molar-refractivity contribution is 6.15. The summed E-state index contributed by atoms with van der Waals surface area (Å²) in [4.78, 5) is 22.7. The largest absolute Gasteiger partial charge is 0.421 e. The van der Waals surface area contributed by atoms with E-state index >= 15 is 4.39 Å². The molecule has 2 fully saturated rings. The number of aryl methyl sites for hydroxylation is 1. The molecule has 1 saturated heterocycles. The average molecular weight is 452 g/mol. The van der Waals surface area contributed by atoms with Crippen LogP contribution in [0.15, 0.2) is 18.5 Å². The fraction of sp³-hybridized carbons (Fsp3) is 0.364. The van der Waals surface area contributed by atoms with Crippen molar-refractivity contribution in [3.63, 3.8) is 0 Å². The number of H-pyrrole nitrogens is 1. The molecule has 2 bridgehead atoms. The second-order valence-electron chi connectivity index (χ2n) is 8.67. The van der Waals surface area contributed by atoms with Gasteiger partial charge in [0.2, 0.25) is 0 Å². The molecule has 6 rings (SSSR count). The molecule has 170 valence electrons. The van der Waals surface area contributed by atoms with E-state index in [0.717, 1.165) is 18.9 Å². The summed E-state index contributed by atoms with van der Waals surface area (Å²) in [5, 5.41) is 3.45. The number of rotatable bonds is 4. The summed E-state index contributed by atoms with van der Waals surface area (Å²) in [6, 6.07) is 1.49. The zero-order chi connectivity index (χ0) is 22.9. The summed E-state index contributed by atoms with van der Waals surface area (Å²) in [7, 11) is 1.65. The van der Waals surface area contributed by atoms with Crippen molar-refractivity contribution in [2.45, 2.75) is 31.8 Å². The van der Waals surface area contributed by atoms with E-state index < -0.39 is 11.6 Å². The Labute approximate surface area is 187 Å². The van der Waals surface area contributed by atoms with Gasteiger partial charge in [0.15, 0.2) is 17.4 Å². The maximum atomic E-state index is 15.1. The van der Waals surface area contributed by atoms with Crippen molar-refractivity contribution >= 4 is 33.4 Å². The second kappa shape index (κ2) is 7.20. The van der Waals surface area contributed by atoms with Gasteiger partial charge >= 0.3 is 6.01 Å². The van der Waals surface area contributed by atoms with Gasteiger partial charge in [0.25, 0.3) is 0 Å². The minimum absolute atomic E-state index is 0.0652. The molecule has 9 nitrogen and oxygen atoms in total. The van der Waals surface area contributed by atoms with Gasteiger partial charge in [0.05, 0.1) is 34.4 Å². The Hall–Kier alpha value is -3.60. The number of piperidine rings is 1. The molecule has 0 amide bonds. The third-order valence-electron chi connectivity index (χ3n) is 6.69. The summed E-state index contributed by atoms with van der Waals surface area (Å²) in [5.74, 6) is -0.0750. The fourth-order valence-electron chi connectivity index (χ4n) is 5.10. The van der Waals surface area contributed by atoms with E-state index in [9.17, 15) is 4.39 Å². The van der Waals surface area contributed by atoms with Crippen LogP contribution in [0.25, 0.3) is 21.9 Å². The molecule has 4 N–H and O–H groups in total. The predicted octanol–water partition coefficient (Wildman–Crippen LogP) is 3.25. The number of fused-ring (bicyclic) bond motifs is 5. The van der Waals surface area contributed by atoms with Gasteiger partial charge in [-0.3, -0.25) is 0 Å². The van der Waals surface area contributed by atoms with E-state index in [2.05, 4.69) is 35.1 Å². The number of anilines is 2. The lowest BCUT2D eigenvalue weighted by Crippen LogP contribution is -2.41. The second-order valence-corrected chi connectivity index (χ2v) is 8.67. The van der Waals surface area contributed by atoms with Gasteiger partial charge in [-0.25, -0.2) is 18.7 Å². The number of ether oxygens (including phenoxy) is 1. The first-order chi connectivity index (χ1) is 15.9. The Morgan fingerprint density at radius 3 is 2.64 bits per heavy atom. The minimum Gasteiger partial charge on any atom is -0.421 e. The van der Waals surface area contributed by atoms with Crippen molar-refractivity contribution in [1.29, 1.82) is 0 Å². The highest BCUT2D eigenvalue weighted by Crippen LogP contribution is 2.44. The number of hydrogen-bond acceptors (Lipinski definition) is 8. The van der Waals surface area contributed by atoms with Crippen molar-refractivity contribution < 1.29 is 13.5 Å². The summed E-state index contributed by atoms with van der Waals surface area (Å²) < 4.78 is 35.4. The predicted molar refractivity (Wildman–Crippen MR) is 120 cm³/mol. The zero-order valence-corrected chi connectivity index (χ0v) is 18.1. The number of nitrogens with one attached hydrogen (secondary N) is 2. The van der Waals surface area contributed by atoms with Gasteiger partial charge in [-0.1, -0.05) is 0 Å². The molecule has 3 unspecified atom stereocenters. The van der Waals surface area contributed by atoms with Crippen LogP contribution < -0.4 is 20.7 Å². The van der Waals surface area contributed by atoms with Crippen LogP contribution in [0.1, 0.15) is 18.7 Å². The van der Waals surface area contributed by atoms with E-state index in [-0.39, 0.29) is 23.5 Å². The Morgan fingerprint density at radius 2 is 1.97 bits per heavy atom. The normalized spacial score (nSPS) is 22.0. The molecule has 4 aromatic rings. The van der Waals surface area contributed by atoms with Gasteiger partial charge < -0.3 is 25.7 Å². The van der Waals surface area contributed by atoms with Gasteiger partial charge in [-0.2, -0.15) is 9.97 Å². The van der Waals surface area contributed by atoms with Crippen molar-refractivity contribution in [3.8, 4) is 11.8 Å². The van der Waals surface area contributed by atoms with Crippen LogP contribution in [-0.2, 0) is 0 Å². The quantitative estimate of drug-likeness (QED) is 0.432. The first-order valence-corrected chi connectivity index (χ1v) is 10.8. The van der Waals surface area contributed by atoms with Crippen LogP contribution >= 0.6 is 0 Å². The average Bonchev–Trinajstić information content (AvgIpc) is 3.49. The highest BCUT2D eigenvalue weighted by Gasteiger charge is 2.44. The molecule has 33 heavy (non-hydrogen) atoms. The summed E-state index contributed by atoms with van der Waals surface area (Å²) in [6.45, 7) is 2.46. The zero-order valence-electron chi connectivity index (χ0n) is 18.1. The molecule has 0 radical (unpaired) electrons. The van der Waals surface area contributed by atoms with E-state index in [4.69, 9.17) is 10.5 Å². The van der Waals surface area contributed by atoms with Crippen LogP contribution in [0.5, 0.6) is 11.8 Å². The number of nitrogens with zero attached hydrogens (tertiary/aromatic N) is 5. The van der Waals surface area contributed by atoms with Crippen molar-refractivity contribution in [3.05, 3.63) is 35.9 Å². The van der Waals surface area contributed by atoms with Crippen molar-refractivity contribution in [1.82, 2.24) is 24.9 Å². The van der Waals surface area contributed by atoms with E-state index in [0.29, 0.717) is 52.1 Å². The molecule has 3 aromatic heterocycles. The van der Waals surface area contributed by atoms with E-state index in [1.807, 2.05) is 0 Å². The molecule has 1 aromatic carbocycles. The lowest BCUT2D eigenvalue weighted by Gasteiger charge is -2.31. The van der Waals surface area contributed by atoms with Crippen LogP contribution in [0.4, 0.5) is 20.3 Å². The molecule has 2 aliphatic rings. The topological polar surface area (TPSA) is 118 Å². The standard InChI is InChI=1S/C22H22F2N8O/c1-9-27-6-12(7-28-9)33-22-30-20-17(16-18(24)13(23)5-15(26-2)19(16)29-20)21(31-22)32-8-10-3-11(32)4-14(10)25/h5-7,10-11,14,26H,3-4,8,25H2,1-2H3,(H,29,30,31). The number of nitrogens with two attached hydrogens (primary N) is 1. The molecule has 3 atom stereocenters. The lowest BCUT2D eigenvalue weighted by molar-refractivity contribution is 0.435. The number of aromatic amines is 1. The van der Waals surface area contributed by atoms with Crippen molar-refractivity contribution in [2.75, 3.05) is 23.8 Å². The Morgan fingerprint density at radius 1 is 1.18 bits per heavy atom. The maximum absolute atomic E-state index is 15.1. The number of hydrogen-bond donors (Lipinski definition) is 3.